The van der Waals surface area contributed by atoms with E-state index in [1.807, 2.05) is 23.1 Å². The van der Waals surface area contributed by atoms with Crippen LogP contribution in [0, 0.1) is 11.3 Å². The summed E-state index contributed by atoms with van der Waals surface area (Å²) in [5.41, 5.74) is 6.51. The Bertz CT molecular complexity index is 932. The van der Waals surface area contributed by atoms with Crippen molar-refractivity contribution in [3.05, 3.63) is 52.2 Å². The number of thioether (sulfide) groups is 1. The van der Waals surface area contributed by atoms with Crippen LogP contribution in [-0.2, 0) is 30.5 Å². The Morgan fingerprint density at radius 3 is 2.78 bits per heavy atom. The maximum atomic E-state index is 12.8. The van der Waals surface area contributed by atoms with Crippen LogP contribution >= 0.6 is 11.8 Å². The van der Waals surface area contributed by atoms with Crippen LogP contribution in [0.4, 0.5) is 5.69 Å². The standard InChI is InChI=1S/C22H23N3OS/c1-2-19-17-9-5-4-8-16(17)18(13-23)22(24-19)27-14-21(26)25-12-11-15-7-3-6-10-20(15)25/h3,6-7,10H,2,4-5,8-9,11-12,14H2,1H3. The van der Waals surface area contributed by atoms with Crippen molar-refractivity contribution in [1.29, 1.82) is 5.26 Å². The number of nitrogens with zero attached hydrogens (tertiary/aromatic N) is 3. The highest BCUT2D eigenvalue weighted by atomic mass is 32.2. The summed E-state index contributed by atoms with van der Waals surface area (Å²) in [5, 5.41) is 10.5. The third-order valence-corrected chi connectivity index (χ3v) is 6.50. The van der Waals surface area contributed by atoms with Gasteiger partial charge >= 0.3 is 0 Å². The van der Waals surface area contributed by atoms with E-state index in [0.29, 0.717) is 11.3 Å². The molecule has 0 fully saturated rings. The number of anilines is 1. The van der Waals surface area contributed by atoms with Crippen LogP contribution in [0.1, 0.15) is 47.7 Å². The van der Waals surface area contributed by atoms with Gasteiger partial charge in [-0.3, -0.25) is 4.79 Å². The van der Waals surface area contributed by atoms with E-state index in [1.54, 1.807) is 0 Å². The van der Waals surface area contributed by atoms with Crippen molar-refractivity contribution < 1.29 is 4.79 Å². The molecule has 4 rings (SSSR count). The van der Waals surface area contributed by atoms with Gasteiger partial charge in [0.15, 0.2) is 0 Å². The SMILES string of the molecule is CCc1nc(SCC(=O)N2CCc3ccccc32)c(C#N)c2c1CCCC2. The first kappa shape index (κ1) is 18.1. The summed E-state index contributed by atoms with van der Waals surface area (Å²) in [7, 11) is 0. The fourth-order valence-electron chi connectivity index (χ4n) is 4.19. The van der Waals surface area contributed by atoms with Gasteiger partial charge in [-0.2, -0.15) is 5.26 Å². The molecule has 0 N–H and O–H groups in total. The van der Waals surface area contributed by atoms with Gasteiger partial charge in [-0.05, 0) is 61.3 Å². The van der Waals surface area contributed by atoms with Crippen molar-refractivity contribution in [2.24, 2.45) is 0 Å². The Balaban J connectivity index is 1.57. The highest BCUT2D eigenvalue weighted by Gasteiger charge is 2.26. The molecule has 0 saturated heterocycles. The molecule has 27 heavy (non-hydrogen) atoms. The number of carbonyl (C=O) groups is 1. The summed E-state index contributed by atoms with van der Waals surface area (Å²) in [6.07, 6.45) is 6.06. The first-order valence-electron chi connectivity index (χ1n) is 9.68. The molecule has 5 heteroatoms. The molecule has 0 spiro atoms. The fourth-order valence-corrected chi connectivity index (χ4v) is 5.10. The lowest BCUT2D eigenvalue weighted by Gasteiger charge is -2.22. The van der Waals surface area contributed by atoms with Gasteiger partial charge in [-0.15, -0.1) is 0 Å². The summed E-state index contributed by atoms with van der Waals surface area (Å²) >= 11 is 1.42. The topological polar surface area (TPSA) is 57.0 Å². The second kappa shape index (κ2) is 7.74. The first-order chi connectivity index (χ1) is 13.2. The van der Waals surface area contributed by atoms with Gasteiger partial charge in [0.1, 0.15) is 11.1 Å². The van der Waals surface area contributed by atoms with Gasteiger partial charge in [0.05, 0.1) is 11.3 Å². The number of aryl methyl sites for hydroxylation is 1. The second-order valence-corrected chi connectivity index (χ2v) is 8.05. The smallest absolute Gasteiger partial charge is 0.237 e. The first-order valence-corrected chi connectivity index (χ1v) is 10.7. The van der Waals surface area contributed by atoms with E-state index in [0.717, 1.165) is 55.1 Å². The number of carbonyl (C=O) groups excluding carboxylic acids is 1. The van der Waals surface area contributed by atoms with Crippen molar-refractivity contribution in [3.63, 3.8) is 0 Å². The van der Waals surface area contributed by atoms with Crippen LogP contribution in [0.15, 0.2) is 29.3 Å². The number of aromatic nitrogens is 1. The van der Waals surface area contributed by atoms with Crippen molar-refractivity contribution in [2.75, 3.05) is 17.2 Å². The Hall–Kier alpha value is -2.32. The van der Waals surface area contributed by atoms with Crippen molar-refractivity contribution >= 4 is 23.4 Å². The van der Waals surface area contributed by atoms with E-state index in [2.05, 4.69) is 19.1 Å². The number of pyridine rings is 1. The molecule has 0 saturated carbocycles. The van der Waals surface area contributed by atoms with Gasteiger partial charge in [-0.1, -0.05) is 36.9 Å². The van der Waals surface area contributed by atoms with Gasteiger partial charge in [0.2, 0.25) is 5.91 Å². The Kier molecular flexibility index (Phi) is 5.18. The number of benzene rings is 1. The molecule has 1 amide bonds. The lowest BCUT2D eigenvalue weighted by molar-refractivity contribution is -0.116. The average Bonchev–Trinajstić information content (AvgIpc) is 3.15. The summed E-state index contributed by atoms with van der Waals surface area (Å²) in [6, 6.07) is 10.5. The van der Waals surface area contributed by atoms with Crippen molar-refractivity contribution in [2.45, 2.75) is 50.5 Å². The minimum atomic E-state index is 0.0893. The second-order valence-electron chi connectivity index (χ2n) is 7.08. The van der Waals surface area contributed by atoms with Crippen LogP contribution in [0.5, 0.6) is 0 Å². The zero-order chi connectivity index (χ0) is 18.8. The summed E-state index contributed by atoms with van der Waals surface area (Å²) in [6.45, 7) is 2.85. The largest absolute Gasteiger partial charge is 0.311 e. The Morgan fingerprint density at radius 1 is 1.22 bits per heavy atom. The quantitative estimate of drug-likeness (QED) is 0.754. The van der Waals surface area contributed by atoms with Crippen LogP contribution in [-0.4, -0.2) is 23.2 Å². The summed E-state index contributed by atoms with van der Waals surface area (Å²) < 4.78 is 0. The molecule has 1 aliphatic heterocycles. The number of hydrogen-bond acceptors (Lipinski definition) is 4. The predicted octanol–water partition coefficient (Wildman–Crippen LogP) is 4.08. The number of fused-ring (bicyclic) bond motifs is 2. The van der Waals surface area contributed by atoms with Gasteiger partial charge in [0.25, 0.3) is 0 Å². The minimum absolute atomic E-state index is 0.0893. The molecule has 138 valence electrons. The third kappa shape index (κ3) is 3.35. The molecule has 2 aliphatic rings. The van der Waals surface area contributed by atoms with Crippen molar-refractivity contribution in [1.82, 2.24) is 4.98 Å². The van der Waals surface area contributed by atoms with Crippen LogP contribution in [0.2, 0.25) is 0 Å². The Labute approximate surface area is 164 Å². The molecule has 0 radical (unpaired) electrons. The molecule has 0 atom stereocenters. The van der Waals surface area contributed by atoms with E-state index in [9.17, 15) is 10.1 Å². The summed E-state index contributed by atoms with van der Waals surface area (Å²) in [5.74, 6) is 0.407. The van der Waals surface area contributed by atoms with E-state index in [4.69, 9.17) is 4.98 Å². The van der Waals surface area contributed by atoms with E-state index in [1.165, 1.54) is 34.9 Å². The number of rotatable bonds is 4. The number of nitriles is 1. The summed E-state index contributed by atoms with van der Waals surface area (Å²) in [4.78, 5) is 19.5. The van der Waals surface area contributed by atoms with Gasteiger partial charge in [-0.25, -0.2) is 4.98 Å². The molecule has 4 nitrogen and oxygen atoms in total. The predicted molar refractivity (Wildman–Crippen MR) is 108 cm³/mol. The monoisotopic (exact) mass is 377 g/mol. The lowest BCUT2D eigenvalue weighted by atomic mass is 9.87. The maximum absolute atomic E-state index is 12.8. The molecule has 1 aromatic carbocycles. The van der Waals surface area contributed by atoms with Crippen LogP contribution in [0.3, 0.4) is 0 Å². The van der Waals surface area contributed by atoms with Crippen LogP contribution in [0.25, 0.3) is 0 Å². The molecule has 1 aliphatic carbocycles. The van der Waals surface area contributed by atoms with E-state index >= 15 is 0 Å². The number of hydrogen-bond donors (Lipinski definition) is 0. The van der Waals surface area contributed by atoms with E-state index < -0.39 is 0 Å². The average molecular weight is 378 g/mol. The lowest BCUT2D eigenvalue weighted by Crippen LogP contribution is -2.30. The zero-order valence-corrected chi connectivity index (χ0v) is 16.4. The number of amides is 1. The zero-order valence-electron chi connectivity index (χ0n) is 15.6. The Morgan fingerprint density at radius 2 is 2.00 bits per heavy atom. The number of para-hydroxylation sites is 1. The highest BCUT2D eigenvalue weighted by Crippen LogP contribution is 2.34. The fraction of sp³-hybridized carbons (Fsp3) is 0.409. The van der Waals surface area contributed by atoms with Crippen LogP contribution < -0.4 is 4.90 Å². The maximum Gasteiger partial charge on any atom is 0.237 e. The molecule has 2 heterocycles. The molecule has 0 unspecified atom stereocenters. The highest BCUT2D eigenvalue weighted by molar-refractivity contribution is 8.00. The minimum Gasteiger partial charge on any atom is -0.311 e. The molecular formula is C22H23N3OS. The van der Waals surface area contributed by atoms with Gasteiger partial charge < -0.3 is 4.90 Å². The van der Waals surface area contributed by atoms with Crippen molar-refractivity contribution in [3.8, 4) is 6.07 Å². The molecular weight excluding hydrogens is 354 g/mol. The normalized spacial score (nSPS) is 15.2. The molecule has 1 aromatic heterocycles. The van der Waals surface area contributed by atoms with Gasteiger partial charge in [0, 0.05) is 17.9 Å². The van der Waals surface area contributed by atoms with E-state index in [-0.39, 0.29) is 5.91 Å². The third-order valence-electron chi connectivity index (χ3n) is 5.54. The molecule has 2 aromatic rings. The molecule has 0 bridgehead atoms.